The van der Waals surface area contributed by atoms with Crippen molar-refractivity contribution in [2.45, 2.75) is 70.2 Å². The fourth-order valence-corrected chi connectivity index (χ4v) is 3.73. The number of hydrogen-bond donors (Lipinski definition) is 1. The molecule has 6 atom stereocenters. The van der Waals surface area contributed by atoms with E-state index in [4.69, 9.17) is 14.2 Å². The van der Waals surface area contributed by atoms with Gasteiger partial charge < -0.3 is 19.3 Å². The van der Waals surface area contributed by atoms with Crippen molar-refractivity contribution in [2.24, 2.45) is 17.8 Å². The van der Waals surface area contributed by atoms with Crippen LogP contribution in [0.5, 0.6) is 0 Å². The molecule has 6 unspecified atom stereocenters. The number of aliphatic hydroxyl groups is 1. The van der Waals surface area contributed by atoms with Crippen molar-refractivity contribution in [3.8, 4) is 0 Å². The molecule has 0 aromatic heterocycles. The average molecular weight is 340 g/mol. The summed E-state index contributed by atoms with van der Waals surface area (Å²) in [7, 11) is 0. The van der Waals surface area contributed by atoms with E-state index in [1.54, 1.807) is 0 Å². The number of esters is 2. The summed E-state index contributed by atoms with van der Waals surface area (Å²) in [5.74, 6) is -0.668. The average Bonchev–Trinajstić information content (AvgIpc) is 3.36. The minimum Gasteiger partial charge on any atom is -0.465 e. The molecule has 2 saturated carbocycles. The first-order valence-electron chi connectivity index (χ1n) is 9.19. The summed E-state index contributed by atoms with van der Waals surface area (Å²) in [5.41, 5.74) is 0. The predicted molar refractivity (Wildman–Crippen MR) is 85.0 cm³/mol. The van der Waals surface area contributed by atoms with Gasteiger partial charge in [-0.15, -0.1) is 0 Å². The van der Waals surface area contributed by atoms with Gasteiger partial charge in [0.1, 0.15) is 0 Å². The van der Waals surface area contributed by atoms with Gasteiger partial charge in [0.15, 0.2) is 0 Å². The maximum Gasteiger partial charge on any atom is 0.309 e. The van der Waals surface area contributed by atoms with Crippen molar-refractivity contribution in [1.29, 1.82) is 0 Å². The van der Waals surface area contributed by atoms with Gasteiger partial charge in [-0.25, -0.2) is 0 Å². The normalized spacial score (nSPS) is 36.3. The van der Waals surface area contributed by atoms with Gasteiger partial charge in [0.2, 0.25) is 0 Å². The lowest BCUT2D eigenvalue weighted by molar-refractivity contribution is -0.155. The molecule has 3 fully saturated rings. The Bertz CT molecular complexity index is 442. The van der Waals surface area contributed by atoms with E-state index >= 15 is 0 Å². The van der Waals surface area contributed by atoms with Gasteiger partial charge in [-0.3, -0.25) is 9.59 Å². The maximum absolute atomic E-state index is 12.1. The van der Waals surface area contributed by atoms with E-state index in [-0.39, 0.29) is 55.1 Å². The van der Waals surface area contributed by atoms with E-state index in [9.17, 15) is 14.7 Å². The minimum absolute atomic E-state index is 0.0278. The Labute approximate surface area is 142 Å². The van der Waals surface area contributed by atoms with Gasteiger partial charge in [0.25, 0.3) is 0 Å². The zero-order valence-electron chi connectivity index (χ0n) is 14.3. The van der Waals surface area contributed by atoms with E-state index in [0.29, 0.717) is 12.5 Å². The SMILES string of the molecule is CC(COC(=O)C1CCCC(O)C1)COC(=O)C1CCC2OC2C1. The highest BCUT2D eigenvalue weighted by Crippen LogP contribution is 2.39. The first-order chi connectivity index (χ1) is 11.5. The largest absolute Gasteiger partial charge is 0.465 e. The van der Waals surface area contributed by atoms with Crippen LogP contribution in [0.3, 0.4) is 0 Å². The fourth-order valence-electron chi connectivity index (χ4n) is 3.73. The second-order valence-corrected chi connectivity index (χ2v) is 7.61. The van der Waals surface area contributed by atoms with Crippen molar-refractivity contribution in [1.82, 2.24) is 0 Å². The number of rotatable bonds is 6. The number of hydrogen-bond acceptors (Lipinski definition) is 6. The number of epoxide rings is 1. The molecule has 24 heavy (non-hydrogen) atoms. The van der Waals surface area contributed by atoms with Crippen LogP contribution in [-0.2, 0) is 23.8 Å². The van der Waals surface area contributed by atoms with Crippen LogP contribution in [0.1, 0.15) is 51.9 Å². The molecule has 0 spiro atoms. The van der Waals surface area contributed by atoms with Gasteiger partial charge in [-0.2, -0.15) is 0 Å². The zero-order valence-corrected chi connectivity index (χ0v) is 14.3. The summed E-state index contributed by atoms with van der Waals surface area (Å²) in [5, 5.41) is 9.62. The summed E-state index contributed by atoms with van der Waals surface area (Å²) in [6.45, 7) is 2.42. The van der Waals surface area contributed by atoms with Crippen LogP contribution in [0.25, 0.3) is 0 Å². The number of aliphatic hydroxyl groups excluding tert-OH is 1. The molecular formula is C18H28O6. The van der Waals surface area contributed by atoms with Crippen LogP contribution in [0.15, 0.2) is 0 Å². The summed E-state index contributed by atoms with van der Waals surface area (Å²) in [6.07, 6.45) is 5.73. The standard InChI is InChI=1S/C18H28O6/c1-11(9-22-17(20)12-3-2-4-14(19)7-12)10-23-18(21)13-5-6-15-16(8-13)24-15/h11-16,19H,2-10H2,1H3. The lowest BCUT2D eigenvalue weighted by atomic mass is 9.87. The second-order valence-electron chi connectivity index (χ2n) is 7.61. The Morgan fingerprint density at radius 3 is 2.29 bits per heavy atom. The second kappa shape index (κ2) is 7.83. The Kier molecular flexibility index (Phi) is 5.76. The molecule has 0 amide bonds. The number of ether oxygens (including phenoxy) is 3. The molecule has 3 rings (SSSR count). The number of fused-ring (bicyclic) bond motifs is 1. The Morgan fingerprint density at radius 1 is 1.00 bits per heavy atom. The monoisotopic (exact) mass is 340 g/mol. The Hall–Kier alpha value is -1.14. The third-order valence-corrected chi connectivity index (χ3v) is 5.34. The summed E-state index contributed by atoms with van der Waals surface area (Å²) in [6, 6.07) is 0. The molecule has 0 aromatic rings. The summed E-state index contributed by atoms with van der Waals surface area (Å²) in [4.78, 5) is 24.1. The van der Waals surface area contributed by atoms with Crippen molar-refractivity contribution in [3.63, 3.8) is 0 Å². The first kappa shape index (κ1) is 17.7. The molecule has 0 aromatic carbocycles. The first-order valence-corrected chi connectivity index (χ1v) is 9.19. The van der Waals surface area contributed by atoms with Gasteiger partial charge in [-0.05, 0) is 38.5 Å². The maximum atomic E-state index is 12.1. The molecule has 3 aliphatic rings. The quantitative estimate of drug-likeness (QED) is 0.586. The van der Waals surface area contributed by atoms with Gasteiger partial charge >= 0.3 is 11.9 Å². The molecule has 0 radical (unpaired) electrons. The highest BCUT2D eigenvalue weighted by Gasteiger charge is 2.46. The highest BCUT2D eigenvalue weighted by atomic mass is 16.6. The zero-order chi connectivity index (χ0) is 17.1. The van der Waals surface area contributed by atoms with E-state index in [2.05, 4.69) is 0 Å². The van der Waals surface area contributed by atoms with Gasteiger partial charge in [0, 0.05) is 5.92 Å². The van der Waals surface area contributed by atoms with E-state index < -0.39 is 0 Å². The van der Waals surface area contributed by atoms with Gasteiger partial charge in [0.05, 0.1) is 43.4 Å². The Morgan fingerprint density at radius 2 is 1.67 bits per heavy atom. The van der Waals surface area contributed by atoms with Crippen LogP contribution in [0.2, 0.25) is 0 Å². The molecule has 6 nitrogen and oxygen atoms in total. The van der Waals surface area contributed by atoms with Crippen LogP contribution in [0, 0.1) is 17.8 Å². The minimum atomic E-state index is -0.389. The topological polar surface area (TPSA) is 85.4 Å². The fraction of sp³-hybridized carbons (Fsp3) is 0.889. The number of carbonyl (C=O) groups is 2. The van der Waals surface area contributed by atoms with Crippen molar-refractivity contribution < 1.29 is 28.9 Å². The van der Waals surface area contributed by atoms with Crippen LogP contribution in [-0.4, -0.2) is 48.6 Å². The summed E-state index contributed by atoms with van der Waals surface area (Å²) < 4.78 is 16.1. The molecule has 1 heterocycles. The van der Waals surface area contributed by atoms with Crippen molar-refractivity contribution in [2.75, 3.05) is 13.2 Å². The van der Waals surface area contributed by atoms with E-state index in [1.165, 1.54) is 0 Å². The lowest BCUT2D eigenvalue weighted by Gasteiger charge is -2.25. The molecule has 2 aliphatic carbocycles. The summed E-state index contributed by atoms with van der Waals surface area (Å²) >= 11 is 0. The van der Waals surface area contributed by atoms with Crippen molar-refractivity contribution in [3.05, 3.63) is 0 Å². The molecule has 0 bridgehead atoms. The van der Waals surface area contributed by atoms with Crippen LogP contribution in [0.4, 0.5) is 0 Å². The molecule has 1 aliphatic heterocycles. The predicted octanol–water partition coefficient (Wildman–Crippen LogP) is 1.83. The molecule has 136 valence electrons. The lowest BCUT2D eigenvalue weighted by Crippen LogP contribution is -2.29. The van der Waals surface area contributed by atoms with Gasteiger partial charge in [-0.1, -0.05) is 13.3 Å². The highest BCUT2D eigenvalue weighted by molar-refractivity contribution is 5.73. The van der Waals surface area contributed by atoms with E-state index in [1.807, 2.05) is 6.92 Å². The van der Waals surface area contributed by atoms with Crippen molar-refractivity contribution >= 4 is 11.9 Å². The smallest absolute Gasteiger partial charge is 0.309 e. The molecule has 1 N–H and O–H groups in total. The van der Waals surface area contributed by atoms with E-state index in [0.717, 1.165) is 38.5 Å². The third kappa shape index (κ3) is 4.70. The van der Waals surface area contributed by atoms with Crippen LogP contribution >= 0.6 is 0 Å². The Balaban J connectivity index is 1.31. The molecule has 1 saturated heterocycles. The number of carbonyl (C=O) groups excluding carboxylic acids is 2. The molecule has 6 heteroatoms. The molecular weight excluding hydrogens is 312 g/mol. The third-order valence-electron chi connectivity index (χ3n) is 5.34. The van der Waals surface area contributed by atoms with Crippen LogP contribution < -0.4 is 0 Å².